The molecule has 2 amide bonds. The fourth-order valence-electron chi connectivity index (χ4n) is 3.85. The van der Waals surface area contributed by atoms with E-state index in [1.54, 1.807) is 62.4 Å². The average Bonchev–Trinajstić information content (AvgIpc) is 2.91. The van der Waals surface area contributed by atoms with Crippen LogP contribution < -0.4 is 9.62 Å². The van der Waals surface area contributed by atoms with Gasteiger partial charge in [0.1, 0.15) is 12.6 Å². The van der Waals surface area contributed by atoms with E-state index in [4.69, 9.17) is 34.8 Å². The number of carbonyl (C=O) groups is 2. The van der Waals surface area contributed by atoms with Crippen LogP contribution in [-0.2, 0) is 26.2 Å². The molecule has 0 spiro atoms. The molecule has 3 aromatic carbocycles. The van der Waals surface area contributed by atoms with Crippen molar-refractivity contribution in [3.8, 4) is 0 Å². The smallest absolute Gasteiger partial charge is 0.264 e. The lowest BCUT2D eigenvalue weighted by Crippen LogP contribution is -2.51. The average molecular weight is 625 g/mol. The van der Waals surface area contributed by atoms with Crippen LogP contribution in [0.2, 0.25) is 15.1 Å². The topological polar surface area (TPSA) is 86.8 Å². The summed E-state index contributed by atoms with van der Waals surface area (Å²) >= 11 is 18.8. The van der Waals surface area contributed by atoms with Crippen molar-refractivity contribution in [1.82, 2.24) is 10.2 Å². The molecular weight excluding hydrogens is 593 g/mol. The number of benzene rings is 3. The van der Waals surface area contributed by atoms with Gasteiger partial charge in [-0.15, -0.1) is 0 Å². The Morgan fingerprint density at radius 1 is 0.900 bits per heavy atom. The summed E-state index contributed by atoms with van der Waals surface area (Å²) in [6, 6.07) is 16.5. The Labute approximate surface area is 251 Å². The van der Waals surface area contributed by atoms with E-state index in [1.165, 1.54) is 23.1 Å². The molecule has 0 bridgehead atoms. The van der Waals surface area contributed by atoms with Gasteiger partial charge in [-0.2, -0.15) is 0 Å². The van der Waals surface area contributed by atoms with Crippen molar-refractivity contribution in [3.05, 3.63) is 92.9 Å². The van der Waals surface area contributed by atoms with E-state index >= 15 is 0 Å². The standard InChI is InChI=1S/C29H32Cl3N3O4S/c1-19(2)16-33-29(37)21(4)34(17-22-11-12-23(30)14-27(22)32)28(36)18-35(24-13-10-20(3)26(31)15-24)40(38,39)25-8-6-5-7-9-25/h5-15,19,21H,16-18H2,1-4H3,(H,33,37). The molecule has 0 aliphatic rings. The monoisotopic (exact) mass is 623 g/mol. The number of anilines is 1. The Bertz CT molecular complexity index is 1470. The van der Waals surface area contributed by atoms with Crippen molar-refractivity contribution in [1.29, 1.82) is 0 Å². The van der Waals surface area contributed by atoms with Crippen LogP contribution in [-0.4, -0.2) is 44.3 Å². The van der Waals surface area contributed by atoms with E-state index in [0.29, 0.717) is 27.2 Å². The number of hydrogen-bond acceptors (Lipinski definition) is 4. The second-order valence-electron chi connectivity index (χ2n) is 9.83. The number of hydrogen-bond donors (Lipinski definition) is 1. The highest BCUT2D eigenvalue weighted by atomic mass is 35.5. The van der Waals surface area contributed by atoms with Crippen LogP contribution in [0.5, 0.6) is 0 Å². The molecule has 0 aromatic heterocycles. The molecule has 0 radical (unpaired) electrons. The zero-order valence-corrected chi connectivity index (χ0v) is 25.8. The molecule has 7 nitrogen and oxygen atoms in total. The van der Waals surface area contributed by atoms with Crippen molar-refractivity contribution in [2.75, 3.05) is 17.4 Å². The van der Waals surface area contributed by atoms with Crippen LogP contribution in [0.4, 0.5) is 5.69 Å². The van der Waals surface area contributed by atoms with Crippen LogP contribution in [0, 0.1) is 12.8 Å². The first-order chi connectivity index (χ1) is 18.8. The Morgan fingerprint density at radius 2 is 1.57 bits per heavy atom. The van der Waals surface area contributed by atoms with Gasteiger partial charge in [-0.25, -0.2) is 8.42 Å². The van der Waals surface area contributed by atoms with Crippen molar-refractivity contribution >= 4 is 62.3 Å². The zero-order valence-electron chi connectivity index (χ0n) is 22.7. The van der Waals surface area contributed by atoms with Gasteiger partial charge in [0.2, 0.25) is 11.8 Å². The van der Waals surface area contributed by atoms with Gasteiger partial charge in [-0.05, 0) is 67.3 Å². The number of halogens is 3. The molecule has 0 aliphatic heterocycles. The summed E-state index contributed by atoms with van der Waals surface area (Å²) in [4.78, 5) is 28.4. The summed E-state index contributed by atoms with van der Waals surface area (Å²) in [6.07, 6.45) is 0. The van der Waals surface area contributed by atoms with Gasteiger partial charge < -0.3 is 10.2 Å². The molecule has 11 heteroatoms. The molecule has 3 rings (SSSR count). The number of nitrogens with one attached hydrogen (secondary N) is 1. The molecule has 0 saturated heterocycles. The molecule has 3 aromatic rings. The lowest BCUT2D eigenvalue weighted by Gasteiger charge is -2.32. The Balaban J connectivity index is 2.05. The maximum atomic E-state index is 14.0. The second kappa shape index (κ2) is 13.7. The summed E-state index contributed by atoms with van der Waals surface area (Å²) in [5.74, 6) is -0.777. The maximum absolute atomic E-state index is 14.0. The van der Waals surface area contributed by atoms with E-state index < -0.39 is 28.5 Å². The number of aryl methyl sites for hydroxylation is 1. The third kappa shape index (κ3) is 7.91. The fraction of sp³-hybridized carbons (Fsp3) is 0.310. The summed E-state index contributed by atoms with van der Waals surface area (Å²) in [5.41, 5.74) is 1.52. The molecule has 0 saturated carbocycles. The van der Waals surface area contributed by atoms with Gasteiger partial charge in [0.25, 0.3) is 10.0 Å². The predicted octanol–water partition coefficient (Wildman–Crippen LogP) is 6.34. The Morgan fingerprint density at radius 3 is 2.17 bits per heavy atom. The fourth-order valence-corrected chi connectivity index (χ4v) is 5.92. The molecule has 1 N–H and O–H groups in total. The number of sulfonamides is 1. The van der Waals surface area contributed by atoms with Crippen molar-refractivity contribution < 1.29 is 18.0 Å². The zero-order chi connectivity index (χ0) is 29.6. The quantitative estimate of drug-likeness (QED) is 0.270. The molecular formula is C29H32Cl3N3O4S. The molecule has 0 heterocycles. The van der Waals surface area contributed by atoms with Crippen molar-refractivity contribution in [2.45, 2.75) is 45.2 Å². The molecule has 40 heavy (non-hydrogen) atoms. The normalized spacial score (nSPS) is 12.2. The van der Waals surface area contributed by atoms with Gasteiger partial charge in [0, 0.05) is 28.2 Å². The van der Waals surface area contributed by atoms with Crippen molar-refractivity contribution in [3.63, 3.8) is 0 Å². The number of carbonyl (C=O) groups excluding carboxylic acids is 2. The number of amides is 2. The second-order valence-corrected chi connectivity index (χ2v) is 12.9. The summed E-state index contributed by atoms with van der Waals surface area (Å²) < 4.78 is 28.6. The van der Waals surface area contributed by atoms with Crippen LogP contribution in [0.1, 0.15) is 31.9 Å². The minimum absolute atomic E-state index is 0.00881. The van der Waals surface area contributed by atoms with E-state index in [2.05, 4.69) is 5.32 Å². The lowest BCUT2D eigenvalue weighted by atomic mass is 10.1. The number of nitrogens with zero attached hydrogens (tertiary/aromatic N) is 2. The van der Waals surface area contributed by atoms with Gasteiger partial charge >= 0.3 is 0 Å². The van der Waals surface area contributed by atoms with Crippen LogP contribution in [0.15, 0.2) is 71.6 Å². The minimum atomic E-state index is -4.18. The van der Waals surface area contributed by atoms with Crippen LogP contribution in [0.25, 0.3) is 0 Å². The third-order valence-corrected chi connectivity index (χ3v) is 9.04. The lowest BCUT2D eigenvalue weighted by molar-refractivity contribution is -0.139. The van der Waals surface area contributed by atoms with Crippen LogP contribution in [0.3, 0.4) is 0 Å². The van der Waals surface area contributed by atoms with Gasteiger partial charge in [0.05, 0.1) is 10.6 Å². The predicted molar refractivity (Wildman–Crippen MR) is 161 cm³/mol. The van der Waals surface area contributed by atoms with Gasteiger partial charge in [-0.3, -0.25) is 13.9 Å². The third-order valence-electron chi connectivity index (χ3n) is 6.26. The largest absolute Gasteiger partial charge is 0.354 e. The first-order valence-corrected chi connectivity index (χ1v) is 15.2. The molecule has 1 atom stereocenters. The van der Waals surface area contributed by atoms with Gasteiger partial charge in [0.15, 0.2) is 0 Å². The first-order valence-electron chi connectivity index (χ1n) is 12.7. The minimum Gasteiger partial charge on any atom is -0.354 e. The molecule has 0 fully saturated rings. The Kier molecular flexibility index (Phi) is 10.9. The van der Waals surface area contributed by atoms with E-state index in [1.807, 2.05) is 13.8 Å². The highest BCUT2D eigenvalue weighted by molar-refractivity contribution is 7.92. The summed E-state index contributed by atoms with van der Waals surface area (Å²) in [5, 5.41) is 3.94. The van der Waals surface area contributed by atoms with Gasteiger partial charge in [-0.1, -0.05) is 79.0 Å². The van der Waals surface area contributed by atoms with E-state index in [-0.39, 0.29) is 29.0 Å². The Hall–Kier alpha value is -2.78. The van der Waals surface area contributed by atoms with Crippen LogP contribution >= 0.6 is 34.8 Å². The van der Waals surface area contributed by atoms with Crippen molar-refractivity contribution in [2.24, 2.45) is 5.92 Å². The first kappa shape index (κ1) is 31.7. The SMILES string of the molecule is Cc1ccc(N(CC(=O)N(Cc2ccc(Cl)cc2Cl)C(C)C(=O)NCC(C)C)S(=O)(=O)c2ccccc2)cc1Cl. The highest BCUT2D eigenvalue weighted by Crippen LogP contribution is 2.29. The number of rotatable bonds is 11. The van der Waals surface area contributed by atoms with E-state index in [9.17, 15) is 18.0 Å². The maximum Gasteiger partial charge on any atom is 0.264 e. The summed E-state index contributed by atoms with van der Waals surface area (Å²) in [6.45, 7) is 7.10. The molecule has 0 aliphatic carbocycles. The highest BCUT2D eigenvalue weighted by Gasteiger charge is 2.33. The molecule has 214 valence electrons. The van der Waals surface area contributed by atoms with E-state index in [0.717, 1.165) is 9.87 Å². The summed E-state index contributed by atoms with van der Waals surface area (Å²) in [7, 11) is -4.18. The molecule has 1 unspecified atom stereocenters.